The minimum Gasteiger partial charge on any atom is -0.488 e. The van der Waals surface area contributed by atoms with Gasteiger partial charge >= 0.3 is 6.03 Å². The monoisotopic (exact) mass is 361 g/mol. The first kappa shape index (κ1) is 16.8. The lowest BCUT2D eigenvalue weighted by atomic mass is 10.2. The molecule has 2 N–H and O–H groups in total. The molecule has 0 saturated carbocycles. The molecule has 0 saturated heterocycles. The third-order valence-corrected chi connectivity index (χ3v) is 4.18. The lowest BCUT2D eigenvalue weighted by Gasteiger charge is -2.23. The van der Waals surface area contributed by atoms with Crippen LogP contribution in [-0.4, -0.2) is 29.1 Å². The topological polar surface area (TPSA) is 66.6 Å². The number of H-pyrrole nitrogens is 1. The van der Waals surface area contributed by atoms with Crippen LogP contribution in [0.3, 0.4) is 0 Å². The zero-order valence-corrected chi connectivity index (χ0v) is 14.6. The number of hydrogen-bond donors (Lipinski definition) is 2. The third-order valence-electron chi connectivity index (χ3n) is 4.18. The molecule has 1 aliphatic heterocycles. The molecule has 2 amide bonds. The number of carbonyl (C=O) groups is 1. The van der Waals surface area contributed by atoms with E-state index in [1.807, 2.05) is 54.7 Å². The van der Waals surface area contributed by atoms with Gasteiger partial charge in [-0.3, -0.25) is 4.90 Å². The Bertz CT molecular complexity index is 1020. The number of rotatable bonds is 6. The maximum Gasteiger partial charge on any atom is 0.325 e. The third kappa shape index (κ3) is 3.79. The number of allylic oxidation sites excluding steroid dienone is 1. The summed E-state index contributed by atoms with van der Waals surface area (Å²) in [6.07, 6.45) is 5.33. The average molecular weight is 361 g/mol. The smallest absolute Gasteiger partial charge is 0.325 e. The molecular formula is C21H19N3O3. The van der Waals surface area contributed by atoms with E-state index in [4.69, 9.17) is 9.47 Å². The summed E-state index contributed by atoms with van der Waals surface area (Å²) in [7, 11) is 0. The van der Waals surface area contributed by atoms with E-state index in [9.17, 15) is 4.79 Å². The van der Waals surface area contributed by atoms with Gasteiger partial charge in [-0.2, -0.15) is 0 Å². The van der Waals surface area contributed by atoms with Crippen molar-refractivity contribution in [1.29, 1.82) is 0 Å². The van der Waals surface area contributed by atoms with Gasteiger partial charge in [0.1, 0.15) is 12.4 Å². The number of ether oxygens (including phenoxy) is 2. The summed E-state index contributed by atoms with van der Waals surface area (Å²) < 4.78 is 11.9. The molecule has 0 fully saturated rings. The van der Waals surface area contributed by atoms with Gasteiger partial charge in [-0.05, 0) is 42.5 Å². The standard InChI is InChI=1S/C21H19N3O3/c1-15-9-11-24(21(25)23-15)12-13-26-19-4-2-3-5-20(19)27-17-6-7-18-16(14-17)8-10-22-18/h2-11,14,22H,1,12-13H2,(H,23,25). The zero-order valence-electron chi connectivity index (χ0n) is 14.6. The van der Waals surface area contributed by atoms with Crippen molar-refractivity contribution in [3.63, 3.8) is 0 Å². The van der Waals surface area contributed by atoms with E-state index in [0.29, 0.717) is 30.3 Å². The van der Waals surface area contributed by atoms with E-state index < -0.39 is 0 Å². The van der Waals surface area contributed by atoms with Crippen LogP contribution >= 0.6 is 0 Å². The number of hydrogen-bond acceptors (Lipinski definition) is 3. The fraction of sp³-hybridized carbons (Fsp3) is 0.0952. The number of nitrogens with zero attached hydrogens (tertiary/aromatic N) is 1. The van der Waals surface area contributed by atoms with Crippen LogP contribution in [0.15, 0.2) is 79.3 Å². The van der Waals surface area contributed by atoms with E-state index in [-0.39, 0.29) is 6.03 Å². The molecule has 2 aromatic carbocycles. The molecule has 0 radical (unpaired) electrons. The van der Waals surface area contributed by atoms with Crippen LogP contribution in [0.2, 0.25) is 0 Å². The Morgan fingerprint density at radius 3 is 2.78 bits per heavy atom. The van der Waals surface area contributed by atoms with Crippen LogP contribution in [0, 0.1) is 0 Å². The second kappa shape index (κ2) is 7.29. The Hall–Kier alpha value is -3.67. The van der Waals surface area contributed by atoms with Gasteiger partial charge in [0, 0.05) is 29.0 Å². The SMILES string of the molecule is C=C1C=CN(CCOc2ccccc2Oc2ccc3[nH]ccc3c2)C(=O)N1. The summed E-state index contributed by atoms with van der Waals surface area (Å²) in [5.41, 5.74) is 1.64. The van der Waals surface area contributed by atoms with Crippen LogP contribution in [0.1, 0.15) is 0 Å². The first-order valence-corrected chi connectivity index (χ1v) is 8.60. The Balaban J connectivity index is 1.42. The molecule has 136 valence electrons. The van der Waals surface area contributed by atoms with Crippen molar-refractivity contribution >= 4 is 16.9 Å². The average Bonchev–Trinajstić information content (AvgIpc) is 3.13. The lowest BCUT2D eigenvalue weighted by Crippen LogP contribution is -2.40. The molecule has 0 aliphatic carbocycles. The van der Waals surface area contributed by atoms with Gasteiger partial charge in [0.2, 0.25) is 0 Å². The summed E-state index contributed by atoms with van der Waals surface area (Å²) in [6, 6.07) is 15.1. The summed E-state index contributed by atoms with van der Waals surface area (Å²) >= 11 is 0. The maximum absolute atomic E-state index is 11.9. The molecule has 0 bridgehead atoms. The van der Waals surface area contributed by atoms with Crippen molar-refractivity contribution in [2.75, 3.05) is 13.2 Å². The molecule has 1 aliphatic rings. The molecule has 0 unspecified atom stereocenters. The van der Waals surface area contributed by atoms with Crippen LogP contribution in [0.25, 0.3) is 10.9 Å². The molecule has 4 rings (SSSR count). The van der Waals surface area contributed by atoms with Gasteiger partial charge in [-0.15, -0.1) is 0 Å². The first-order chi connectivity index (χ1) is 13.2. The molecule has 27 heavy (non-hydrogen) atoms. The predicted molar refractivity (Wildman–Crippen MR) is 104 cm³/mol. The molecule has 6 heteroatoms. The van der Waals surface area contributed by atoms with E-state index in [2.05, 4.69) is 16.9 Å². The fourth-order valence-corrected chi connectivity index (χ4v) is 2.80. The Morgan fingerprint density at radius 1 is 1.07 bits per heavy atom. The summed E-state index contributed by atoms with van der Waals surface area (Å²) in [6.45, 7) is 4.45. The first-order valence-electron chi connectivity index (χ1n) is 8.60. The van der Waals surface area contributed by atoms with Crippen molar-refractivity contribution in [2.24, 2.45) is 0 Å². The highest BCUT2D eigenvalue weighted by atomic mass is 16.5. The number of aromatic amines is 1. The number of nitrogens with one attached hydrogen (secondary N) is 2. The second-order valence-corrected chi connectivity index (χ2v) is 6.09. The largest absolute Gasteiger partial charge is 0.488 e. The highest BCUT2D eigenvalue weighted by molar-refractivity contribution is 5.81. The lowest BCUT2D eigenvalue weighted by molar-refractivity contribution is 0.203. The van der Waals surface area contributed by atoms with Crippen molar-refractivity contribution in [3.8, 4) is 17.2 Å². The van der Waals surface area contributed by atoms with Crippen molar-refractivity contribution in [1.82, 2.24) is 15.2 Å². The van der Waals surface area contributed by atoms with Gasteiger partial charge in [-0.1, -0.05) is 18.7 Å². The quantitative estimate of drug-likeness (QED) is 0.684. The van der Waals surface area contributed by atoms with Gasteiger partial charge in [0.25, 0.3) is 0 Å². The molecular weight excluding hydrogens is 342 g/mol. The Kier molecular flexibility index (Phi) is 4.53. The van der Waals surface area contributed by atoms with Crippen molar-refractivity contribution in [2.45, 2.75) is 0 Å². The van der Waals surface area contributed by atoms with Crippen LogP contribution in [-0.2, 0) is 0 Å². The Morgan fingerprint density at radius 2 is 1.93 bits per heavy atom. The molecule has 0 atom stereocenters. The molecule has 6 nitrogen and oxygen atoms in total. The minimum absolute atomic E-state index is 0.213. The van der Waals surface area contributed by atoms with Crippen molar-refractivity contribution < 1.29 is 14.3 Å². The van der Waals surface area contributed by atoms with Gasteiger partial charge in [-0.25, -0.2) is 4.79 Å². The highest BCUT2D eigenvalue weighted by Gasteiger charge is 2.15. The summed E-state index contributed by atoms with van der Waals surface area (Å²) in [5.74, 6) is 1.98. The number of urea groups is 1. The van der Waals surface area contributed by atoms with Crippen LogP contribution < -0.4 is 14.8 Å². The van der Waals surface area contributed by atoms with E-state index >= 15 is 0 Å². The van der Waals surface area contributed by atoms with Crippen LogP contribution in [0.5, 0.6) is 17.2 Å². The minimum atomic E-state index is -0.213. The van der Waals surface area contributed by atoms with Gasteiger partial charge < -0.3 is 19.8 Å². The molecule has 2 heterocycles. The summed E-state index contributed by atoms with van der Waals surface area (Å²) in [4.78, 5) is 16.6. The normalized spacial score (nSPS) is 13.7. The van der Waals surface area contributed by atoms with Gasteiger partial charge in [0.15, 0.2) is 11.5 Å². The van der Waals surface area contributed by atoms with Gasteiger partial charge in [0.05, 0.1) is 6.54 Å². The van der Waals surface area contributed by atoms with Crippen LogP contribution in [0.4, 0.5) is 4.79 Å². The number of benzene rings is 2. The fourth-order valence-electron chi connectivity index (χ4n) is 2.80. The van der Waals surface area contributed by atoms with Crippen molar-refractivity contribution in [3.05, 3.63) is 79.3 Å². The molecule has 0 spiro atoms. The second-order valence-electron chi connectivity index (χ2n) is 6.09. The number of aromatic nitrogens is 1. The predicted octanol–water partition coefficient (Wildman–Crippen LogP) is 4.39. The number of carbonyl (C=O) groups excluding carboxylic acids is 1. The van der Waals surface area contributed by atoms with E-state index in [1.54, 1.807) is 12.3 Å². The van der Waals surface area contributed by atoms with E-state index in [1.165, 1.54) is 4.90 Å². The summed E-state index contributed by atoms with van der Waals surface area (Å²) in [5, 5.41) is 3.74. The number of amides is 2. The maximum atomic E-state index is 11.9. The molecule has 1 aromatic heterocycles. The number of fused-ring (bicyclic) bond motifs is 1. The highest BCUT2D eigenvalue weighted by Crippen LogP contribution is 2.32. The zero-order chi connectivity index (χ0) is 18.6. The number of para-hydroxylation sites is 2. The Labute approximate surface area is 156 Å². The van der Waals surface area contributed by atoms with E-state index in [0.717, 1.165) is 16.7 Å². The molecule has 3 aromatic rings.